The van der Waals surface area contributed by atoms with Gasteiger partial charge in [0.15, 0.2) is 0 Å². The van der Waals surface area contributed by atoms with Crippen LogP contribution < -0.4 is 0 Å². The molecule has 0 radical (unpaired) electrons. The molecule has 1 unspecified atom stereocenters. The van der Waals surface area contributed by atoms with Crippen LogP contribution >= 0.6 is 0 Å². The number of imidazole rings is 1. The predicted octanol–water partition coefficient (Wildman–Crippen LogP) is 1.62. The number of rotatable bonds is 0. The van der Waals surface area contributed by atoms with Crippen molar-refractivity contribution in [3.63, 3.8) is 0 Å². The Labute approximate surface area is 60.0 Å². The van der Waals surface area contributed by atoms with Gasteiger partial charge in [0.05, 0.1) is 12.0 Å². The monoisotopic (exact) mass is 134 g/mol. The summed E-state index contributed by atoms with van der Waals surface area (Å²) in [5.41, 5.74) is 2.38. The third-order valence-corrected chi connectivity index (χ3v) is 1.86. The SMILES string of the molecule is CC1C=Cc2nc[nH]c2C1. The van der Waals surface area contributed by atoms with E-state index in [2.05, 4.69) is 29.0 Å². The molecule has 0 spiro atoms. The molecule has 1 aliphatic carbocycles. The van der Waals surface area contributed by atoms with Crippen molar-refractivity contribution in [1.29, 1.82) is 0 Å². The maximum Gasteiger partial charge on any atom is 0.0929 e. The zero-order valence-corrected chi connectivity index (χ0v) is 5.96. The summed E-state index contributed by atoms with van der Waals surface area (Å²) in [5.74, 6) is 0.660. The standard InChI is InChI=1S/C8H10N2/c1-6-2-3-7-8(4-6)10-5-9-7/h2-3,5-6H,4H2,1H3,(H,9,10). The second-order valence-electron chi connectivity index (χ2n) is 2.81. The molecule has 1 aromatic heterocycles. The van der Waals surface area contributed by atoms with Gasteiger partial charge in [0.1, 0.15) is 0 Å². The lowest BCUT2D eigenvalue weighted by molar-refractivity contribution is 0.703. The van der Waals surface area contributed by atoms with Crippen molar-refractivity contribution in [3.8, 4) is 0 Å². The summed E-state index contributed by atoms with van der Waals surface area (Å²) in [6.07, 6.45) is 7.14. The normalized spacial score (nSPS) is 22.7. The first-order valence-corrected chi connectivity index (χ1v) is 3.56. The molecule has 1 N–H and O–H groups in total. The molecule has 1 aromatic rings. The van der Waals surface area contributed by atoms with Gasteiger partial charge in [0.25, 0.3) is 0 Å². The lowest BCUT2D eigenvalue weighted by atomic mass is 9.99. The van der Waals surface area contributed by atoms with Crippen LogP contribution in [-0.4, -0.2) is 9.97 Å². The molecule has 10 heavy (non-hydrogen) atoms. The molecule has 1 aliphatic rings. The number of hydrogen-bond donors (Lipinski definition) is 1. The highest BCUT2D eigenvalue weighted by atomic mass is 14.9. The Morgan fingerprint density at radius 1 is 1.70 bits per heavy atom. The van der Waals surface area contributed by atoms with E-state index >= 15 is 0 Å². The Kier molecular flexibility index (Phi) is 1.13. The van der Waals surface area contributed by atoms with Gasteiger partial charge in [-0.2, -0.15) is 0 Å². The van der Waals surface area contributed by atoms with E-state index in [1.54, 1.807) is 6.33 Å². The maximum absolute atomic E-state index is 4.15. The fourth-order valence-electron chi connectivity index (χ4n) is 1.28. The van der Waals surface area contributed by atoms with Crippen LogP contribution in [0.25, 0.3) is 6.08 Å². The Morgan fingerprint density at radius 3 is 3.50 bits per heavy atom. The van der Waals surface area contributed by atoms with Crippen LogP contribution in [0.15, 0.2) is 12.4 Å². The van der Waals surface area contributed by atoms with E-state index in [1.165, 1.54) is 5.69 Å². The maximum atomic E-state index is 4.15. The number of nitrogens with one attached hydrogen (secondary N) is 1. The first kappa shape index (κ1) is 5.71. The van der Waals surface area contributed by atoms with Crippen molar-refractivity contribution in [2.45, 2.75) is 13.3 Å². The molecule has 1 atom stereocenters. The largest absolute Gasteiger partial charge is 0.348 e. The van der Waals surface area contributed by atoms with Crippen LogP contribution in [0.1, 0.15) is 18.3 Å². The Bertz CT molecular complexity index is 260. The number of hydrogen-bond acceptors (Lipinski definition) is 1. The molecular weight excluding hydrogens is 124 g/mol. The zero-order valence-electron chi connectivity index (χ0n) is 5.96. The van der Waals surface area contributed by atoms with E-state index in [4.69, 9.17) is 0 Å². The minimum atomic E-state index is 0.660. The number of nitrogens with zero attached hydrogens (tertiary/aromatic N) is 1. The smallest absolute Gasteiger partial charge is 0.0929 e. The average Bonchev–Trinajstić information content (AvgIpc) is 2.33. The minimum absolute atomic E-state index is 0.660. The second-order valence-corrected chi connectivity index (χ2v) is 2.81. The van der Waals surface area contributed by atoms with Crippen LogP contribution in [0.5, 0.6) is 0 Å². The van der Waals surface area contributed by atoms with Crippen LogP contribution in [0.3, 0.4) is 0 Å². The second kappa shape index (κ2) is 1.97. The number of allylic oxidation sites excluding steroid dienone is 1. The molecule has 0 aliphatic heterocycles. The lowest BCUT2D eigenvalue weighted by Crippen LogP contribution is -2.02. The van der Waals surface area contributed by atoms with Gasteiger partial charge in [0, 0.05) is 5.69 Å². The fraction of sp³-hybridized carbons (Fsp3) is 0.375. The molecule has 0 aromatic carbocycles. The molecular formula is C8H10N2. The zero-order chi connectivity index (χ0) is 6.97. The van der Waals surface area contributed by atoms with Gasteiger partial charge in [-0.3, -0.25) is 0 Å². The molecule has 0 amide bonds. The van der Waals surface area contributed by atoms with Gasteiger partial charge in [-0.1, -0.05) is 13.0 Å². The van der Waals surface area contributed by atoms with E-state index in [-0.39, 0.29) is 0 Å². The number of fused-ring (bicyclic) bond motifs is 1. The number of H-pyrrole nitrogens is 1. The van der Waals surface area contributed by atoms with E-state index in [1.807, 2.05) is 0 Å². The van der Waals surface area contributed by atoms with Crippen LogP contribution in [0, 0.1) is 5.92 Å². The molecule has 0 bridgehead atoms. The summed E-state index contributed by atoms with van der Waals surface area (Å²) in [4.78, 5) is 7.27. The average molecular weight is 134 g/mol. The van der Waals surface area contributed by atoms with Crippen molar-refractivity contribution >= 4 is 6.08 Å². The Morgan fingerprint density at radius 2 is 2.60 bits per heavy atom. The molecule has 2 heteroatoms. The summed E-state index contributed by atoms with van der Waals surface area (Å²) < 4.78 is 0. The van der Waals surface area contributed by atoms with Crippen molar-refractivity contribution in [1.82, 2.24) is 9.97 Å². The quantitative estimate of drug-likeness (QED) is 0.573. The summed E-state index contributed by atoms with van der Waals surface area (Å²) in [7, 11) is 0. The summed E-state index contributed by atoms with van der Waals surface area (Å²) >= 11 is 0. The molecule has 2 rings (SSSR count). The summed E-state index contributed by atoms with van der Waals surface area (Å²) in [5, 5.41) is 0. The Hall–Kier alpha value is -1.05. The third kappa shape index (κ3) is 0.764. The van der Waals surface area contributed by atoms with Crippen LogP contribution in [-0.2, 0) is 6.42 Å². The Balaban J connectivity index is 2.43. The number of aromatic amines is 1. The van der Waals surface area contributed by atoms with Gasteiger partial charge in [-0.05, 0) is 18.4 Å². The highest BCUT2D eigenvalue weighted by Gasteiger charge is 2.10. The van der Waals surface area contributed by atoms with Crippen LogP contribution in [0.2, 0.25) is 0 Å². The van der Waals surface area contributed by atoms with E-state index in [0.717, 1.165) is 12.1 Å². The predicted molar refractivity (Wildman–Crippen MR) is 40.5 cm³/mol. The minimum Gasteiger partial charge on any atom is -0.348 e. The van der Waals surface area contributed by atoms with E-state index in [9.17, 15) is 0 Å². The third-order valence-electron chi connectivity index (χ3n) is 1.86. The van der Waals surface area contributed by atoms with Gasteiger partial charge in [0.2, 0.25) is 0 Å². The molecule has 0 saturated carbocycles. The van der Waals surface area contributed by atoms with E-state index in [0.29, 0.717) is 5.92 Å². The fourth-order valence-corrected chi connectivity index (χ4v) is 1.28. The highest BCUT2D eigenvalue weighted by molar-refractivity contribution is 5.50. The van der Waals surface area contributed by atoms with Crippen molar-refractivity contribution in [2.24, 2.45) is 5.92 Å². The molecule has 0 fully saturated rings. The number of aromatic nitrogens is 2. The van der Waals surface area contributed by atoms with Crippen molar-refractivity contribution < 1.29 is 0 Å². The first-order valence-electron chi connectivity index (χ1n) is 3.56. The van der Waals surface area contributed by atoms with Gasteiger partial charge in [-0.15, -0.1) is 0 Å². The van der Waals surface area contributed by atoms with Crippen molar-refractivity contribution in [3.05, 3.63) is 23.8 Å². The molecule has 0 saturated heterocycles. The van der Waals surface area contributed by atoms with Gasteiger partial charge >= 0.3 is 0 Å². The van der Waals surface area contributed by atoms with Crippen molar-refractivity contribution in [2.75, 3.05) is 0 Å². The molecule has 1 heterocycles. The van der Waals surface area contributed by atoms with Gasteiger partial charge in [-0.25, -0.2) is 4.98 Å². The highest BCUT2D eigenvalue weighted by Crippen LogP contribution is 2.18. The topological polar surface area (TPSA) is 28.7 Å². The van der Waals surface area contributed by atoms with Crippen LogP contribution in [0.4, 0.5) is 0 Å². The lowest BCUT2D eigenvalue weighted by Gasteiger charge is -2.09. The first-order chi connectivity index (χ1) is 4.86. The van der Waals surface area contributed by atoms with E-state index < -0.39 is 0 Å². The summed E-state index contributed by atoms with van der Waals surface area (Å²) in [6, 6.07) is 0. The van der Waals surface area contributed by atoms with Gasteiger partial charge < -0.3 is 4.98 Å². The molecule has 2 nitrogen and oxygen atoms in total. The summed E-state index contributed by atoms with van der Waals surface area (Å²) in [6.45, 7) is 2.21. The molecule has 52 valence electrons.